The highest BCUT2D eigenvalue weighted by Gasteiger charge is 2.20. The van der Waals surface area contributed by atoms with Crippen molar-refractivity contribution in [1.82, 2.24) is 0 Å². The molecule has 3 rings (SSSR count). The van der Waals surface area contributed by atoms with E-state index >= 15 is 0 Å². The molecule has 1 N–H and O–H groups in total. The van der Waals surface area contributed by atoms with E-state index in [1.165, 1.54) is 11.1 Å². The number of hydrogen-bond donors (Lipinski definition) is 1. The van der Waals surface area contributed by atoms with Crippen molar-refractivity contribution in [3.8, 4) is 22.5 Å². The average molecular weight is 421 g/mol. The Kier molecular flexibility index (Phi) is 7.28. The van der Waals surface area contributed by atoms with Crippen LogP contribution in [0.3, 0.4) is 0 Å². The van der Waals surface area contributed by atoms with Crippen LogP contribution in [0.5, 0.6) is 0 Å². The summed E-state index contributed by atoms with van der Waals surface area (Å²) in [6.45, 7) is 1.98. The van der Waals surface area contributed by atoms with Crippen molar-refractivity contribution in [2.75, 3.05) is 0 Å². The van der Waals surface area contributed by atoms with Crippen LogP contribution in [0.4, 0.5) is 0 Å². The average Bonchev–Trinajstić information content (AvgIpc) is 2.68. The number of carboxylic acids is 1. The molecule has 1 atom stereocenters. The van der Waals surface area contributed by atoms with Crippen LogP contribution in [0.2, 0.25) is 0 Å². The van der Waals surface area contributed by atoms with Gasteiger partial charge in [0, 0.05) is 11.6 Å². The number of hydrogen-bond acceptors (Lipinski definition) is 4. The van der Waals surface area contributed by atoms with E-state index in [-0.39, 0.29) is 0 Å². The number of carbonyl (C=O) groups is 1. The van der Waals surface area contributed by atoms with Gasteiger partial charge in [-0.3, -0.25) is 0 Å². The summed E-state index contributed by atoms with van der Waals surface area (Å²) in [6, 6.07) is 24.7. The first-order chi connectivity index (χ1) is 13.2. The first-order valence-electron chi connectivity index (χ1n) is 8.05. The van der Waals surface area contributed by atoms with Crippen LogP contribution >= 0.6 is 11.6 Å². The first kappa shape index (κ1) is 21.6. The molecule has 0 spiro atoms. The molecule has 0 saturated carbocycles. The fourth-order valence-electron chi connectivity index (χ4n) is 2.30. The molecule has 0 amide bonds. The van der Waals surface area contributed by atoms with Gasteiger partial charge in [0.1, 0.15) is 10.1 Å². The molecular formula is C20H17ClO6S. The summed E-state index contributed by atoms with van der Waals surface area (Å²) in [6.07, 6.45) is 0. The summed E-state index contributed by atoms with van der Waals surface area (Å²) in [5.74, 6) is -0.0358. The van der Waals surface area contributed by atoms with E-state index in [9.17, 15) is 17.8 Å². The molecule has 8 heteroatoms. The zero-order valence-corrected chi connectivity index (χ0v) is 16.4. The normalized spacial score (nSPS) is 11.8. The van der Waals surface area contributed by atoms with E-state index in [1.54, 1.807) is 0 Å². The Hall–Kier alpha value is -2.74. The summed E-state index contributed by atoms with van der Waals surface area (Å²) in [4.78, 5) is 9.63. The third-order valence-corrected chi connectivity index (χ3v) is 5.08. The summed E-state index contributed by atoms with van der Waals surface area (Å²) >= 11 is 4.59. The van der Waals surface area contributed by atoms with Crippen LogP contribution in [0, 0.1) is 6.92 Å². The van der Waals surface area contributed by atoms with E-state index in [1.807, 2.05) is 31.2 Å². The van der Waals surface area contributed by atoms with Gasteiger partial charge >= 0.3 is 17.5 Å². The molecule has 3 aromatic rings. The SMILES string of the molecule is Cc1cc(-c2ccccc2)cc(-c2ccccc2)[o+]1.O=C(O)C(Cl)S(=O)(=O)[O-]. The summed E-state index contributed by atoms with van der Waals surface area (Å²) in [5.41, 5.74) is 3.49. The van der Waals surface area contributed by atoms with E-state index < -0.39 is 20.8 Å². The molecular weight excluding hydrogens is 404 g/mol. The number of rotatable bonds is 4. The summed E-state index contributed by atoms with van der Waals surface area (Å²) in [7, 11) is -4.89. The fraction of sp³-hybridized carbons (Fsp3) is 0.100. The molecule has 2 aromatic carbocycles. The molecule has 0 aliphatic carbocycles. The molecule has 1 unspecified atom stereocenters. The fourth-order valence-corrected chi connectivity index (χ4v) is 2.55. The number of halogens is 1. The highest BCUT2D eigenvalue weighted by Crippen LogP contribution is 2.27. The Bertz CT molecular complexity index is 979. The smallest absolute Gasteiger partial charge is 0.360 e. The third-order valence-electron chi connectivity index (χ3n) is 3.53. The molecule has 0 radical (unpaired) electrons. The maximum atomic E-state index is 9.70. The molecule has 1 aromatic heterocycles. The van der Waals surface area contributed by atoms with Gasteiger partial charge in [-0.1, -0.05) is 60.1 Å². The van der Waals surface area contributed by atoms with Gasteiger partial charge in [0.15, 0.2) is 0 Å². The van der Waals surface area contributed by atoms with Crippen molar-refractivity contribution < 1.29 is 27.3 Å². The first-order valence-corrected chi connectivity index (χ1v) is 9.96. The predicted octanol–water partition coefficient (Wildman–Crippen LogP) is 4.38. The molecule has 0 fully saturated rings. The van der Waals surface area contributed by atoms with Crippen LogP contribution in [0.1, 0.15) is 5.76 Å². The maximum Gasteiger partial charge on any atom is 0.360 e. The lowest BCUT2D eigenvalue weighted by Crippen LogP contribution is -2.23. The Labute approximate surface area is 167 Å². The van der Waals surface area contributed by atoms with E-state index in [0.29, 0.717) is 0 Å². The van der Waals surface area contributed by atoms with Crippen molar-refractivity contribution in [3.63, 3.8) is 0 Å². The van der Waals surface area contributed by atoms with Gasteiger partial charge < -0.3 is 9.66 Å². The molecule has 0 saturated heterocycles. The van der Waals surface area contributed by atoms with Crippen molar-refractivity contribution in [1.29, 1.82) is 0 Å². The van der Waals surface area contributed by atoms with Gasteiger partial charge in [-0.2, -0.15) is 0 Å². The number of aliphatic carboxylic acids is 1. The second-order valence-electron chi connectivity index (χ2n) is 5.70. The topological polar surface area (TPSA) is 106 Å². The number of alkyl halides is 1. The standard InChI is InChI=1S/C18H15O.C2H3ClO5S/c1-14-12-17(15-8-4-2-5-9-15)13-18(19-14)16-10-6-3-7-11-16;3-1(2(4)5)9(6,7)8/h2-13H,1H3;1H,(H,4,5)(H,6,7,8)/q+1;/p-1. The predicted molar refractivity (Wildman–Crippen MR) is 106 cm³/mol. The lowest BCUT2D eigenvalue weighted by Gasteiger charge is -2.07. The Morgan fingerprint density at radius 2 is 1.46 bits per heavy atom. The molecule has 6 nitrogen and oxygen atoms in total. The number of carboxylic acid groups (broad SMARTS) is 1. The van der Waals surface area contributed by atoms with Crippen molar-refractivity contribution in [2.24, 2.45) is 0 Å². The third kappa shape index (κ3) is 6.16. The van der Waals surface area contributed by atoms with Gasteiger partial charge in [0.25, 0.3) is 0 Å². The van der Waals surface area contributed by atoms with Crippen molar-refractivity contribution >= 4 is 27.7 Å². The molecule has 0 bridgehead atoms. The Balaban J connectivity index is 0.000000266. The number of aryl methyl sites for hydroxylation is 1. The molecule has 146 valence electrons. The zero-order chi connectivity index (χ0) is 20.7. The van der Waals surface area contributed by atoms with Gasteiger partial charge in [0.05, 0.1) is 18.6 Å². The Morgan fingerprint density at radius 1 is 0.964 bits per heavy atom. The lowest BCUT2D eigenvalue weighted by atomic mass is 10.0. The second-order valence-corrected chi connectivity index (χ2v) is 7.85. The van der Waals surface area contributed by atoms with Gasteiger partial charge in [-0.25, -0.2) is 17.6 Å². The zero-order valence-electron chi connectivity index (χ0n) is 14.8. The molecule has 28 heavy (non-hydrogen) atoms. The van der Waals surface area contributed by atoms with Gasteiger partial charge in [0.2, 0.25) is 4.71 Å². The molecule has 1 heterocycles. The van der Waals surface area contributed by atoms with E-state index in [4.69, 9.17) is 9.52 Å². The summed E-state index contributed by atoms with van der Waals surface area (Å²) in [5, 5.41) is 7.81. The highest BCUT2D eigenvalue weighted by atomic mass is 35.5. The van der Waals surface area contributed by atoms with Crippen LogP contribution in [-0.4, -0.2) is 28.8 Å². The second kappa shape index (κ2) is 9.45. The molecule has 0 aliphatic rings. The largest absolute Gasteiger partial charge is 0.746 e. The van der Waals surface area contributed by atoms with Crippen LogP contribution in [0.25, 0.3) is 22.5 Å². The minimum absolute atomic E-state index is 0.902. The lowest BCUT2D eigenvalue weighted by molar-refractivity contribution is -0.135. The van der Waals surface area contributed by atoms with Crippen LogP contribution in [0.15, 0.2) is 77.2 Å². The number of benzene rings is 2. The minimum atomic E-state index is -4.89. The van der Waals surface area contributed by atoms with Crippen LogP contribution < -0.4 is 0 Å². The van der Waals surface area contributed by atoms with E-state index in [2.05, 4.69) is 60.1 Å². The Morgan fingerprint density at radius 3 is 1.89 bits per heavy atom. The minimum Gasteiger partial charge on any atom is -0.746 e. The van der Waals surface area contributed by atoms with Crippen molar-refractivity contribution in [3.05, 3.63) is 78.6 Å². The van der Waals surface area contributed by atoms with Crippen molar-refractivity contribution in [2.45, 2.75) is 11.6 Å². The quantitative estimate of drug-likeness (QED) is 0.381. The van der Waals surface area contributed by atoms with E-state index in [0.717, 1.165) is 17.1 Å². The highest BCUT2D eigenvalue weighted by molar-refractivity contribution is 7.88. The van der Waals surface area contributed by atoms with Crippen LogP contribution in [-0.2, 0) is 14.9 Å². The monoisotopic (exact) mass is 420 g/mol. The maximum absolute atomic E-state index is 9.70. The van der Waals surface area contributed by atoms with Gasteiger partial charge in [-0.15, -0.1) is 0 Å². The van der Waals surface area contributed by atoms with Gasteiger partial charge in [-0.05, 0) is 17.7 Å². The molecule has 0 aliphatic heterocycles. The summed E-state index contributed by atoms with van der Waals surface area (Å²) < 4.78 is 32.6.